The Kier molecular flexibility index (Phi) is 4.99. The maximum absolute atomic E-state index is 13.3. The Morgan fingerprint density at radius 3 is 2.72 bits per heavy atom. The zero-order chi connectivity index (χ0) is 18.1. The highest BCUT2D eigenvalue weighted by Gasteiger charge is 2.25. The van der Waals surface area contributed by atoms with Crippen molar-refractivity contribution >= 4 is 23.1 Å². The number of ketones is 1. The van der Waals surface area contributed by atoms with E-state index in [1.807, 2.05) is 6.07 Å². The largest absolute Gasteiger partial charge is 0.450 e. The summed E-state index contributed by atoms with van der Waals surface area (Å²) in [5, 5.41) is 0. The van der Waals surface area contributed by atoms with Crippen LogP contribution in [0.3, 0.4) is 0 Å². The molecule has 0 spiro atoms. The van der Waals surface area contributed by atoms with Gasteiger partial charge in [0.1, 0.15) is 4.88 Å². The molecule has 0 bridgehead atoms. The summed E-state index contributed by atoms with van der Waals surface area (Å²) in [6.45, 7) is 3.61. The number of rotatable bonds is 4. The van der Waals surface area contributed by atoms with Gasteiger partial charge in [-0.3, -0.25) is 4.79 Å². The van der Waals surface area contributed by atoms with Crippen molar-refractivity contribution in [2.24, 2.45) is 5.92 Å². The minimum atomic E-state index is -1.11. The molecule has 1 aliphatic carbocycles. The number of aryl methyl sites for hydroxylation is 1. The summed E-state index contributed by atoms with van der Waals surface area (Å²) in [4.78, 5) is 26.2. The monoisotopic (exact) mass is 364 g/mol. The van der Waals surface area contributed by atoms with E-state index >= 15 is 0 Å². The van der Waals surface area contributed by atoms with E-state index in [4.69, 9.17) is 4.74 Å². The molecule has 1 heterocycles. The summed E-state index contributed by atoms with van der Waals surface area (Å²) in [7, 11) is 0. The quantitative estimate of drug-likeness (QED) is 0.589. The number of thiophene rings is 1. The third-order valence-corrected chi connectivity index (χ3v) is 5.60. The topological polar surface area (TPSA) is 43.4 Å². The first-order chi connectivity index (χ1) is 11.8. The van der Waals surface area contributed by atoms with E-state index in [1.165, 1.54) is 34.8 Å². The first-order valence-corrected chi connectivity index (χ1v) is 8.98. The Morgan fingerprint density at radius 1 is 1.24 bits per heavy atom. The van der Waals surface area contributed by atoms with Gasteiger partial charge in [0, 0.05) is 10.4 Å². The van der Waals surface area contributed by atoms with Crippen molar-refractivity contribution in [3.05, 3.63) is 56.8 Å². The number of fused-ring (bicyclic) bond motifs is 1. The van der Waals surface area contributed by atoms with Gasteiger partial charge in [-0.2, -0.15) is 0 Å². The van der Waals surface area contributed by atoms with Crippen molar-refractivity contribution in [2.75, 3.05) is 0 Å². The van der Waals surface area contributed by atoms with E-state index in [9.17, 15) is 18.4 Å². The summed E-state index contributed by atoms with van der Waals surface area (Å²) < 4.78 is 31.5. The molecule has 1 aromatic carbocycles. The molecular weight excluding hydrogens is 346 g/mol. The van der Waals surface area contributed by atoms with E-state index in [0.717, 1.165) is 31.4 Å². The fourth-order valence-corrected chi connectivity index (χ4v) is 4.05. The fraction of sp³-hybridized carbons (Fsp3) is 0.368. The SMILES string of the molecule is C[C@H]1CCc2sc(C(=O)O[C@H](C)C(=O)c3ccc(F)c(F)c3)cc2C1. The molecule has 1 aromatic heterocycles. The molecule has 6 heteroatoms. The highest BCUT2D eigenvalue weighted by atomic mass is 32.1. The number of hydrogen-bond donors (Lipinski definition) is 0. The van der Waals surface area contributed by atoms with Crippen LogP contribution in [-0.4, -0.2) is 17.9 Å². The number of esters is 1. The number of benzene rings is 1. The number of ether oxygens (including phenoxy) is 1. The van der Waals surface area contributed by atoms with Gasteiger partial charge < -0.3 is 4.74 Å². The second kappa shape index (κ2) is 7.04. The molecule has 1 aliphatic rings. The number of halogens is 2. The van der Waals surface area contributed by atoms with Crippen LogP contribution in [0.4, 0.5) is 8.78 Å². The average molecular weight is 364 g/mol. The van der Waals surface area contributed by atoms with Crippen LogP contribution in [0, 0.1) is 17.6 Å². The van der Waals surface area contributed by atoms with Crippen molar-refractivity contribution in [3.63, 3.8) is 0 Å². The first kappa shape index (κ1) is 17.7. The molecule has 25 heavy (non-hydrogen) atoms. The Morgan fingerprint density at radius 2 is 2.00 bits per heavy atom. The summed E-state index contributed by atoms with van der Waals surface area (Å²) in [5.41, 5.74) is 1.15. The van der Waals surface area contributed by atoms with Gasteiger partial charge in [-0.15, -0.1) is 11.3 Å². The Hall–Kier alpha value is -2.08. The first-order valence-electron chi connectivity index (χ1n) is 8.17. The molecule has 0 radical (unpaired) electrons. The van der Waals surface area contributed by atoms with Crippen LogP contribution in [0.5, 0.6) is 0 Å². The average Bonchev–Trinajstić information content (AvgIpc) is 2.99. The maximum atomic E-state index is 13.3. The summed E-state index contributed by atoms with van der Waals surface area (Å²) in [6, 6.07) is 4.71. The molecule has 0 saturated carbocycles. The van der Waals surface area contributed by atoms with Crippen molar-refractivity contribution < 1.29 is 23.1 Å². The highest BCUT2D eigenvalue weighted by molar-refractivity contribution is 7.14. The molecule has 0 aliphatic heterocycles. The normalized spacial score (nSPS) is 17.7. The van der Waals surface area contributed by atoms with E-state index in [2.05, 4.69) is 6.92 Å². The van der Waals surface area contributed by atoms with Gasteiger partial charge in [0.25, 0.3) is 0 Å². The molecule has 0 N–H and O–H groups in total. The number of hydrogen-bond acceptors (Lipinski definition) is 4. The lowest BCUT2D eigenvalue weighted by Gasteiger charge is -2.16. The van der Waals surface area contributed by atoms with Crippen molar-refractivity contribution in [2.45, 2.75) is 39.2 Å². The molecule has 0 fully saturated rings. The van der Waals surface area contributed by atoms with Crippen LogP contribution < -0.4 is 0 Å². The van der Waals surface area contributed by atoms with Crippen LogP contribution >= 0.6 is 11.3 Å². The molecule has 3 rings (SSSR count). The van der Waals surface area contributed by atoms with Gasteiger partial charge in [0.2, 0.25) is 5.78 Å². The van der Waals surface area contributed by atoms with Crippen LogP contribution in [0.15, 0.2) is 24.3 Å². The summed E-state index contributed by atoms with van der Waals surface area (Å²) >= 11 is 1.40. The number of Topliss-reactive ketones (excluding diaryl/α,β-unsaturated/α-hetero) is 1. The lowest BCUT2D eigenvalue weighted by Crippen LogP contribution is -2.24. The summed E-state index contributed by atoms with van der Waals surface area (Å²) in [6.07, 6.45) is 1.93. The number of carbonyl (C=O) groups is 2. The van der Waals surface area contributed by atoms with E-state index < -0.39 is 29.5 Å². The minimum absolute atomic E-state index is 0.0292. The molecule has 0 unspecified atom stereocenters. The predicted molar refractivity (Wildman–Crippen MR) is 91.1 cm³/mol. The fourth-order valence-electron chi connectivity index (χ4n) is 2.96. The maximum Gasteiger partial charge on any atom is 0.349 e. The van der Waals surface area contributed by atoms with Gasteiger partial charge >= 0.3 is 5.97 Å². The molecule has 0 amide bonds. The van der Waals surface area contributed by atoms with Crippen LogP contribution in [0.25, 0.3) is 0 Å². The molecule has 3 nitrogen and oxygen atoms in total. The lowest BCUT2D eigenvalue weighted by molar-refractivity contribution is 0.0323. The van der Waals surface area contributed by atoms with Crippen LogP contribution in [0.1, 0.15) is 50.7 Å². The van der Waals surface area contributed by atoms with Gasteiger partial charge in [-0.1, -0.05) is 6.92 Å². The van der Waals surface area contributed by atoms with Gasteiger partial charge in [0.15, 0.2) is 17.7 Å². The smallest absolute Gasteiger partial charge is 0.349 e. The second-order valence-corrected chi connectivity index (χ2v) is 7.58. The standard InChI is InChI=1S/C19H18F2O3S/c1-10-3-6-16-13(7-10)9-17(25-16)19(23)24-11(2)18(22)12-4-5-14(20)15(21)8-12/h4-5,8-11H,3,6-7H2,1-2H3/t10-,11+/m0/s1. The van der Waals surface area contributed by atoms with Gasteiger partial charge in [-0.25, -0.2) is 13.6 Å². The second-order valence-electron chi connectivity index (χ2n) is 6.45. The van der Waals surface area contributed by atoms with Crippen LogP contribution in [0.2, 0.25) is 0 Å². The number of carbonyl (C=O) groups excluding carboxylic acids is 2. The Bertz CT molecular complexity index is 828. The van der Waals surface area contributed by atoms with Crippen molar-refractivity contribution in [3.8, 4) is 0 Å². The highest BCUT2D eigenvalue weighted by Crippen LogP contribution is 2.32. The Balaban J connectivity index is 1.70. The van der Waals surface area contributed by atoms with Gasteiger partial charge in [-0.05, 0) is 61.9 Å². The minimum Gasteiger partial charge on any atom is -0.450 e. The van der Waals surface area contributed by atoms with Crippen molar-refractivity contribution in [1.29, 1.82) is 0 Å². The molecular formula is C19H18F2O3S. The van der Waals surface area contributed by atoms with Crippen molar-refractivity contribution in [1.82, 2.24) is 0 Å². The zero-order valence-electron chi connectivity index (χ0n) is 14.0. The van der Waals surface area contributed by atoms with E-state index in [1.54, 1.807) is 0 Å². The molecule has 132 valence electrons. The molecule has 2 atom stereocenters. The molecule has 0 saturated heterocycles. The van der Waals surface area contributed by atoms with Gasteiger partial charge in [0.05, 0.1) is 0 Å². The third kappa shape index (κ3) is 3.79. The Labute approximate surface area is 148 Å². The van der Waals surface area contributed by atoms with E-state index in [0.29, 0.717) is 10.8 Å². The third-order valence-electron chi connectivity index (χ3n) is 4.39. The predicted octanol–water partition coefficient (Wildman–Crippen LogP) is 4.58. The molecule has 2 aromatic rings. The summed E-state index contributed by atoms with van der Waals surface area (Å²) in [5.74, 6) is -2.67. The zero-order valence-corrected chi connectivity index (χ0v) is 14.8. The van der Waals surface area contributed by atoms with E-state index in [-0.39, 0.29) is 5.56 Å². The lowest BCUT2D eigenvalue weighted by atomic mass is 9.90. The van der Waals surface area contributed by atoms with Crippen LogP contribution in [-0.2, 0) is 17.6 Å².